The van der Waals surface area contributed by atoms with Gasteiger partial charge in [-0.3, -0.25) is 4.90 Å². The molecule has 3 aromatic rings. The Bertz CT molecular complexity index is 853. The molecule has 0 amide bonds. The number of hydrogen-bond donors (Lipinski definition) is 0. The first kappa shape index (κ1) is 16.9. The molecule has 1 heterocycles. The maximum absolute atomic E-state index is 13.2. The number of nitrogens with zero attached hydrogens (tertiary/aromatic N) is 3. The lowest BCUT2D eigenvalue weighted by molar-refractivity contribution is 0.282. The molecule has 0 atom stereocenters. The van der Waals surface area contributed by atoms with Gasteiger partial charge in [0.15, 0.2) is 0 Å². The zero-order chi connectivity index (χ0) is 17.1. The Balaban J connectivity index is 1.69. The molecule has 0 saturated heterocycles. The Morgan fingerprint density at radius 2 is 1.92 bits per heavy atom. The predicted molar refractivity (Wildman–Crippen MR) is 91.3 cm³/mol. The molecule has 3 rings (SSSR count). The fourth-order valence-corrected chi connectivity index (χ4v) is 2.81. The van der Waals surface area contributed by atoms with Gasteiger partial charge in [-0.05, 0) is 42.9 Å². The lowest BCUT2D eigenvalue weighted by atomic mass is 10.2. The van der Waals surface area contributed by atoms with Crippen LogP contribution in [-0.2, 0) is 13.1 Å². The Kier molecular flexibility index (Phi) is 5.14. The third-order valence-corrected chi connectivity index (χ3v) is 3.92. The zero-order valence-corrected chi connectivity index (χ0v) is 14.4. The van der Waals surface area contributed by atoms with Crippen LogP contribution in [-0.4, -0.2) is 22.1 Å². The fraction of sp³-hybridized carbons (Fsp3) is 0.176. The number of hydrogen-bond acceptors (Lipinski definition) is 4. The van der Waals surface area contributed by atoms with Crippen LogP contribution in [0.5, 0.6) is 0 Å². The van der Waals surface area contributed by atoms with Gasteiger partial charge in [-0.15, -0.1) is 10.2 Å². The third kappa shape index (κ3) is 4.12. The molecule has 0 unspecified atom stereocenters. The van der Waals surface area contributed by atoms with E-state index in [2.05, 4.69) is 10.2 Å². The molecule has 2 aromatic carbocycles. The van der Waals surface area contributed by atoms with E-state index in [0.29, 0.717) is 40.5 Å². The first-order valence-electron chi connectivity index (χ1n) is 7.22. The zero-order valence-electron chi connectivity index (χ0n) is 12.8. The molecular formula is C17H14Cl2FN3O. The summed E-state index contributed by atoms with van der Waals surface area (Å²) in [6.07, 6.45) is 0. The van der Waals surface area contributed by atoms with E-state index in [4.69, 9.17) is 27.6 Å². The molecule has 0 fully saturated rings. The summed E-state index contributed by atoms with van der Waals surface area (Å²) in [7, 11) is 1.89. The molecule has 0 aliphatic heterocycles. The molecule has 0 aliphatic carbocycles. The Hall–Kier alpha value is -1.95. The Labute approximate surface area is 148 Å². The summed E-state index contributed by atoms with van der Waals surface area (Å²) >= 11 is 12.0. The first-order chi connectivity index (χ1) is 11.5. The summed E-state index contributed by atoms with van der Waals surface area (Å²) in [5.41, 5.74) is 1.51. The highest BCUT2D eigenvalue weighted by atomic mass is 35.5. The predicted octanol–water partition coefficient (Wildman–Crippen LogP) is 4.81. The van der Waals surface area contributed by atoms with Crippen LogP contribution in [0.4, 0.5) is 4.39 Å². The van der Waals surface area contributed by atoms with Crippen molar-refractivity contribution in [3.63, 3.8) is 0 Å². The summed E-state index contributed by atoms with van der Waals surface area (Å²) in [6.45, 7) is 1.01. The van der Waals surface area contributed by atoms with Gasteiger partial charge in [0.1, 0.15) is 5.82 Å². The van der Waals surface area contributed by atoms with Gasteiger partial charge in [0.25, 0.3) is 0 Å². The van der Waals surface area contributed by atoms with Crippen LogP contribution in [0.3, 0.4) is 0 Å². The molecular weight excluding hydrogens is 352 g/mol. The highest BCUT2D eigenvalue weighted by Gasteiger charge is 2.14. The van der Waals surface area contributed by atoms with E-state index in [9.17, 15) is 4.39 Å². The summed E-state index contributed by atoms with van der Waals surface area (Å²) in [5.74, 6) is 0.541. The lowest BCUT2D eigenvalue weighted by Gasteiger charge is -2.14. The number of halogens is 3. The van der Waals surface area contributed by atoms with E-state index in [0.717, 1.165) is 5.56 Å². The SMILES string of the molecule is CN(Cc1cccc(F)c1)Cc1nnc(-c2ccc(Cl)cc2Cl)o1. The quantitative estimate of drug-likeness (QED) is 0.650. The fourth-order valence-electron chi connectivity index (χ4n) is 2.32. The Morgan fingerprint density at radius 1 is 1.08 bits per heavy atom. The maximum atomic E-state index is 13.2. The van der Waals surface area contributed by atoms with Gasteiger partial charge in [0, 0.05) is 11.6 Å². The van der Waals surface area contributed by atoms with Crippen LogP contribution < -0.4 is 0 Å². The third-order valence-electron chi connectivity index (χ3n) is 3.38. The standard InChI is InChI=1S/C17H14Cl2FN3O/c1-23(9-11-3-2-4-13(20)7-11)10-16-21-22-17(24-16)14-6-5-12(18)8-15(14)19/h2-8H,9-10H2,1H3. The maximum Gasteiger partial charge on any atom is 0.249 e. The minimum atomic E-state index is -0.252. The van der Waals surface area contributed by atoms with Crippen molar-refractivity contribution in [3.05, 3.63) is 69.8 Å². The van der Waals surface area contributed by atoms with Gasteiger partial charge < -0.3 is 4.42 Å². The lowest BCUT2D eigenvalue weighted by Crippen LogP contribution is -2.17. The average Bonchev–Trinajstić information content (AvgIpc) is 2.95. The van der Waals surface area contributed by atoms with Crippen LogP contribution in [0.25, 0.3) is 11.5 Å². The normalized spacial score (nSPS) is 11.2. The van der Waals surface area contributed by atoms with Crippen molar-refractivity contribution in [2.45, 2.75) is 13.1 Å². The van der Waals surface area contributed by atoms with E-state index >= 15 is 0 Å². The molecule has 0 radical (unpaired) electrons. The molecule has 24 heavy (non-hydrogen) atoms. The minimum Gasteiger partial charge on any atom is -0.419 e. The van der Waals surface area contributed by atoms with Gasteiger partial charge in [0.05, 0.1) is 17.1 Å². The van der Waals surface area contributed by atoms with Crippen LogP contribution >= 0.6 is 23.2 Å². The van der Waals surface area contributed by atoms with E-state index in [1.807, 2.05) is 18.0 Å². The van der Waals surface area contributed by atoms with Crippen LogP contribution in [0.15, 0.2) is 46.9 Å². The summed E-state index contributed by atoms with van der Waals surface area (Å²) in [5, 5.41) is 9.04. The Morgan fingerprint density at radius 3 is 2.67 bits per heavy atom. The summed E-state index contributed by atoms with van der Waals surface area (Å²) < 4.78 is 18.9. The second kappa shape index (κ2) is 7.30. The number of rotatable bonds is 5. The molecule has 7 heteroatoms. The van der Waals surface area contributed by atoms with Crippen molar-refractivity contribution >= 4 is 23.2 Å². The van der Waals surface area contributed by atoms with Gasteiger partial charge in [0.2, 0.25) is 11.8 Å². The molecule has 0 spiro atoms. The van der Waals surface area contributed by atoms with Crippen molar-refractivity contribution in [2.24, 2.45) is 0 Å². The highest BCUT2D eigenvalue weighted by Crippen LogP contribution is 2.29. The van der Waals surface area contributed by atoms with Crippen LogP contribution in [0.1, 0.15) is 11.5 Å². The molecule has 0 saturated carbocycles. The van der Waals surface area contributed by atoms with Gasteiger partial charge in [-0.1, -0.05) is 35.3 Å². The first-order valence-corrected chi connectivity index (χ1v) is 7.97. The number of aromatic nitrogens is 2. The van der Waals surface area contributed by atoms with Crippen molar-refractivity contribution in [3.8, 4) is 11.5 Å². The molecule has 1 aromatic heterocycles. The summed E-state index contributed by atoms with van der Waals surface area (Å²) in [4.78, 5) is 1.95. The largest absolute Gasteiger partial charge is 0.419 e. The van der Waals surface area contributed by atoms with E-state index < -0.39 is 0 Å². The molecule has 0 bridgehead atoms. The minimum absolute atomic E-state index is 0.252. The summed E-state index contributed by atoms with van der Waals surface area (Å²) in [6, 6.07) is 11.5. The van der Waals surface area contributed by atoms with Crippen molar-refractivity contribution in [2.75, 3.05) is 7.05 Å². The van der Waals surface area contributed by atoms with E-state index in [1.165, 1.54) is 12.1 Å². The monoisotopic (exact) mass is 365 g/mol. The van der Waals surface area contributed by atoms with Crippen molar-refractivity contribution in [1.29, 1.82) is 0 Å². The van der Waals surface area contributed by atoms with Gasteiger partial charge >= 0.3 is 0 Å². The topological polar surface area (TPSA) is 42.2 Å². The highest BCUT2D eigenvalue weighted by molar-refractivity contribution is 6.36. The second-order valence-electron chi connectivity index (χ2n) is 5.43. The van der Waals surface area contributed by atoms with Crippen LogP contribution in [0, 0.1) is 5.82 Å². The average molecular weight is 366 g/mol. The van der Waals surface area contributed by atoms with Gasteiger partial charge in [-0.2, -0.15) is 0 Å². The van der Waals surface area contributed by atoms with Gasteiger partial charge in [-0.25, -0.2) is 4.39 Å². The van der Waals surface area contributed by atoms with Crippen molar-refractivity contribution in [1.82, 2.24) is 15.1 Å². The molecule has 4 nitrogen and oxygen atoms in total. The molecule has 0 aliphatic rings. The molecule has 124 valence electrons. The number of benzene rings is 2. The van der Waals surface area contributed by atoms with Crippen molar-refractivity contribution < 1.29 is 8.81 Å². The van der Waals surface area contributed by atoms with Crippen LogP contribution in [0.2, 0.25) is 10.0 Å². The second-order valence-corrected chi connectivity index (χ2v) is 6.27. The smallest absolute Gasteiger partial charge is 0.249 e. The van der Waals surface area contributed by atoms with E-state index in [-0.39, 0.29) is 5.82 Å². The van der Waals surface area contributed by atoms with E-state index in [1.54, 1.807) is 24.3 Å². The molecule has 0 N–H and O–H groups in total.